The molecule has 1 fully saturated rings. The Kier molecular flexibility index (Phi) is 6.01. The van der Waals surface area contributed by atoms with Crippen molar-refractivity contribution in [2.75, 3.05) is 0 Å². The average Bonchev–Trinajstić information content (AvgIpc) is 3.07. The Morgan fingerprint density at radius 3 is 2.55 bits per heavy atom. The molecule has 166 valence electrons. The molecule has 1 amide bonds. The van der Waals surface area contributed by atoms with Gasteiger partial charge in [-0.15, -0.1) is 5.10 Å². The van der Waals surface area contributed by atoms with Crippen molar-refractivity contribution >= 4 is 65.1 Å². The van der Waals surface area contributed by atoms with Gasteiger partial charge in [0, 0.05) is 11.9 Å². The van der Waals surface area contributed by atoms with Crippen molar-refractivity contribution in [2.24, 2.45) is 5.10 Å². The largest absolute Gasteiger partial charge is 0.462 e. The molecule has 12 heteroatoms. The summed E-state index contributed by atoms with van der Waals surface area (Å²) in [6.45, 7) is 1.15. The van der Waals surface area contributed by atoms with Crippen molar-refractivity contribution in [2.45, 2.75) is 49.7 Å². The first-order valence-corrected chi connectivity index (χ1v) is 13.1. The molecule has 0 saturated heterocycles. The molecule has 31 heavy (non-hydrogen) atoms. The smallest absolute Gasteiger partial charge is 0.241 e. The molecule has 2 unspecified atom stereocenters. The van der Waals surface area contributed by atoms with Crippen LogP contribution in [0, 0.1) is 0 Å². The SMILES string of the molecule is CC(=O)N1N=C(S(=O)(=O)C2CCCCC2)S(=O)C1c1coc2c(Cl)cc(Cl)cc2c1=O. The molecule has 1 aromatic heterocycles. The topological polar surface area (TPSA) is 114 Å². The summed E-state index contributed by atoms with van der Waals surface area (Å²) in [6, 6.07) is 2.75. The third-order valence-electron chi connectivity index (χ3n) is 5.43. The summed E-state index contributed by atoms with van der Waals surface area (Å²) < 4.78 is 44.5. The molecule has 2 atom stereocenters. The molecule has 2 heterocycles. The fourth-order valence-electron chi connectivity index (χ4n) is 3.89. The molecular formula is C19H18Cl2N2O6S2. The molecule has 0 bridgehead atoms. The summed E-state index contributed by atoms with van der Waals surface area (Å²) in [5, 5.41) is 2.88. The van der Waals surface area contributed by atoms with Crippen molar-refractivity contribution in [1.82, 2.24) is 5.01 Å². The monoisotopic (exact) mass is 504 g/mol. The number of fused-ring (bicyclic) bond motifs is 1. The second kappa shape index (κ2) is 8.31. The van der Waals surface area contributed by atoms with Crippen LogP contribution in [0.5, 0.6) is 0 Å². The van der Waals surface area contributed by atoms with Crippen molar-refractivity contribution in [3.63, 3.8) is 0 Å². The van der Waals surface area contributed by atoms with Crippen molar-refractivity contribution in [3.8, 4) is 0 Å². The number of sulfone groups is 1. The Hall–Kier alpha value is -1.75. The van der Waals surface area contributed by atoms with Crippen molar-refractivity contribution < 1.29 is 21.8 Å². The summed E-state index contributed by atoms with van der Waals surface area (Å²) >= 11 is 12.1. The van der Waals surface area contributed by atoms with Crippen LogP contribution in [0.1, 0.15) is 50.0 Å². The number of benzene rings is 1. The van der Waals surface area contributed by atoms with Gasteiger partial charge in [0.15, 0.2) is 16.4 Å². The van der Waals surface area contributed by atoms with E-state index >= 15 is 0 Å². The maximum absolute atomic E-state index is 13.3. The molecule has 2 aliphatic rings. The maximum atomic E-state index is 13.3. The highest BCUT2D eigenvalue weighted by Crippen LogP contribution is 2.36. The van der Waals surface area contributed by atoms with Gasteiger partial charge in [0.1, 0.15) is 17.1 Å². The summed E-state index contributed by atoms with van der Waals surface area (Å²) in [4.78, 5) is 25.4. The summed E-state index contributed by atoms with van der Waals surface area (Å²) in [6.07, 6.45) is 4.36. The number of hydrogen-bond donors (Lipinski definition) is 0. The standard InChI is InChI=1S/C19H18Cl2N2O6S2/c1-10(24)23-18(14-9-29-17-13(16(14)25)7-11(20)8-15(17)21)30(26)19(22-23)31(27,28)12-5-3-2-4-6-12/h7-9,12,18H,2-6H2,1H3. The van der Waals surface area contributed by atoms with Crippen LogP contribution in [-0.4, -0.2) is 33.2 Å². The Balaban J connectivity index is 1.83. The third kappa shape index (κ3) is 3.83. The van der Waals surface area contributed by atoms with E-state index in [2.05, 4.69) is 5.10 Å². The number of hydrazone groups is 1. The van der Waals surface area contributed by atoms with Gasteiger partial charge < -0.3 is 4.42 Å². The van der Waals surface area contributed by atoms with Gasteiger partial charge in [-0.25, -0.2) is 17.6 Å². The van der Waals surface area contributed by atoms with Gasteiger partial charge in [0.2, 0.25) is 20.1 Å². The number of carbonyl (C=O) groups is 1. The minimum absolute atomic E-state index is 0.0269. The summed E-state index contributed by atoms with van der Waals surface area (Å²) in [5.41, 5.74) is -0.715. The molecule has 2 aromatic rings. The molecule has 1 aromatic carbocycles. The number of halogens is 2. The molecule has 0 radical (unpaired) electrons. The maximum Gasteiger partial charge on any atom is 0.241 e. The van der Waals surface area contributed by atoms with E-state index in [9.17, 15) is 22.2 Å². The number of hydrogen-bond acceptors (Lipinski definition) is 7. The highest BCUT2D eigenvalue weighted by atomic mass is 35.5. The predicted octanol–water partition coefficient (Wildman–Crippen LogP) is 3.73. The van der Waals surface area contributed by atoms with Gasteiger partial charge in [-0.05, 0) is 25.0 Å². The van der Waals surface area contributed by atoms with Crippen LogP contribution in [0.15, 0.2) is 32.7 Å². The van der Waals surface area contributed by atoms with Gasteiger partial charge in [0.25, 0.3) is 0 Å². The van der Waals surface area contributed by atoms with Gasteiger partial charge in [0.05, 0.1) is 21.2 Å². The van der Waals surface area contributed by atoms with E-state index in [1.54, 1.807) is 0 Å². The molecular weight excluding hydrogens is 487 g/mol. The number of amides is 1. The summed E-state index contributed by atoms with van der Waals surface area (Å²) in [7, 11) is -6.30. The zero-order valence-corrected chi connectivity index (χ0v) is 19.5. The predicted molar refractivity (Wildman–Crippen MR) is 119 cm³/mol. The highest BCUT2D eigenvalue weighted by molar-refractivity contribution is 8.29. The van der Waals surface area contributed by atoms with Crippen LogP contribution >= 0.6 is 23.2 Å². The zero-order valence-electron chi connectivity index (χ0n) is 16.3. The lowest BCUT2D eigenvalue weighted by Crippen LogP contribution is -2.33. The van der Waals surface area contributed by atoms with E-state index in [-0.39, 0.29) is 26.6 Å². The molecule has 0 spiro atoms. The van der Waals surface area contributed by atoms with Crippen LogP contribution in [0.4, 0.5) is 0 Å². The summed E-state index contributed by atoms with van der Waals surface area (Å²) in [5.74, 6) is -0.657. The van der Waals surface area contributed by atoms with Gasteiger partial charge in [-0.2, -0.15) is 0 Å². The van der Waals surface area contributed by atoms with E-state index < -0.39 is 47.0 Å². The van der Waals surface area contributed by atoms with E-state index in [1.165, 1.54) is 12.1 Å². The quantitative estimate of drug-likeness (QED) is 0.615. The van der Waals surface area contributed by atoms with E-state index in [1.807, 2.05) is 0 Å². The molecule has 1 aliphatic carbocycles. The fraction of sp³-hybridized carbons (Fsp3) is 0.421. The van der Waals surface area contributed by atoms with Crippen LogP contribution in [0.2, 0.25) is 10.0 Å². The van der Waals surface area contributed by atoms with E-state index in [0.29, 0.717) is 12.8 Å². The van der Waals surface area contributed by atoms with Crippen LogP contribution in [-0.2, 0) is 25.4 Å². The van der Waals surface area contributed by atoms with E-state index in [0.717, 1.165) is 37.5 Å². The number of rotatable bonds is 2. The van der Waals surface area contributed by atoms with Crippen molar-refractivity contribution in [3.05, 3.63) is 44.2 Å². The Labute approximate surface area is 190 Å². The molecule has 1 aliphatic heterocycles. The number of carbonyl (C=O) groups excluding carboxylic acids is 1. The van der Waals surface area contributed by atoms with Crippen LogP contribution in [0.25, 0.3) is 11.0 Å². The van der Waals surface area contributed by atoms with Crippen molar-refractivity contribution in [1.29, 1.82) is 0 Å². The Morgan fingerprint density at radius 1 is 1.23 bits per heavy atom. The fourth-order valence-corrected chi connectivity index (χ4v) is 8.60. The second-order valence-electron chi connectivity index (χ2n) is 7.47. The molecule has 0 N–H and O–H groups in total. The van der Waals surface area contributed by atoms with Gasteiger partial charge in [-0.3, -0.25) is 9.59 Å². The second-order valence-corrected chi connectivity index (χ2v) is 12.1. The molecule has 8 nitrogen and oxygen atoms in total. The lowest BCUT2D eigenvalue weighted by molar-refractivity contribution is -0.129. The van der Waals surface area contributed by atoms with Crippen LogP contribution in [0.3, 0.4) is 0 Å². The average molecular weight is 505 g/mol. The first kappa shape index (κ1) is 22.4. The lowest BCUT2D eigenvalue weighted by atomic mass is 10.0. The zero-order chi connectivity index (χ0) is 22.5. The Morgan fingerprint density at radius 2 is 1.90 bits per heavy atom. The molecule has 1 saturated carbocycles. The lowest BCUT2D eigenvalue weighted by Gasteiger charge is -2.21. The first-order chi connectivity index (χ1) is 14.6. The first-order valence-electron chi connectivity index (χ1n) is 9.56. The van der Waals surface area contributed by atoms with Gasteiger partial charge >= 0.3 is 0 Å². The Bertz CT molecular complexity index is 1300. The van der Waals surface area contributed by atoms with Crippen LogP contribution < -0.4 is 5.43 Å². The molecule has 4 rings (SSSR count). The van der Waals surface area contributed by atoms with Gasteiger partial charge in [-0.1, -0.05) is 42.5 Å². The third-order valence-corrected chi connectivity index (χ3v) is 10.3. The minimum atomic E-state index is -4.01. The normalized spacial score (nSPS) is 22.7. The van der Waals surface area contributed by atoms with E-state index in [4.69, 9.17) is 27.6 Å². The minimum Gasteiger partial charge on any atom is -0.462 e. The highest BCUT2D eigenvalue weighted by Gasteiger charge is 2.47. The number of nitrogens with zero attached hydrogens (tertiary/aromatic N) is 2.